The maximum absolute atomic E-state index is 12.8. The molecule has 4 fully saturated rings. The van der Waals surface area contributed by atoms with Crippen molar-refractivity contribution >= 4 is 17.2 Å². The minimum atomic E-state index is -0.582. The molecule has 2 N–H and O–H groups in total. The van der Waals surface area contributed by atoms with Crippen molar-refractivity contribution in [3.8, 4) is 0 Å². The molecule has 2 aromatic rings. The van der Waals surface area contributed by atoms with E-state index in [0.29, 0.717) is 35.7 Å². The molecule has 0 radical (unpaired) electrons. The van der Waals surface area contributed by atoms with Crippen LogP contribution in [0.25, 0.3) is 0 Å². The smallest absolute Gasteiger partial charge is 0.314 e. The van der Waals surface area contributed by atoms with Crippen LogP contribution in [0.2, 0.25) is 0 Å². The van der Waals surface area contributed by atoms with E-state index in [1.807, 2.05) is 30.3 Å². The van der Waals surface area contributed by atoms with E-state index in [-0.39, 0.29) is 40.7 Å². The second kappa shape index (κ2) is 8.52. The monoisotopic (exact) mass is 449 g/mol. The van der Waals surface area contributed by atoms with Crippen molar-refractivity contribution in [2.75, 3.05) is 5.32 Å². The maximum atomic E-state index is 12.8. The number of anilines is 1. The summed E-state index contributed by atoms with van der Waals surface area (Å²) >= 11 is 0. The van der Waals surface area contributed by atoms with E-state index in [0.717, 1.165) is 37.7 Å². The van der Waals surface area contributed by atoms with E-state index in [1.165, 1.54) is 6.20 Å². The number of nitrogens with zero attached hydrogens (tertiary/aromatic N) is 2. The van der Waals surface area contributed by atoms with Crippen molar-refractivity contribution in [2.24, 2.45) is 17.8 Å². The molecule has 0 amide bonds. The van der Waals surface area contributed by atoms with Crippen LogP contribution >= 0.6 is 0 Å². The first-order valence-corrected chi connectivity index (χ1v) is 12.1. The summed E-state index contributed by atoms with van der Waals surface area (Å²) < 4.78 is 0. The number of pyridine rings is 1. The highest BCUT2D eigenvalue weighted by Gasteiger charge is 2.55. The number of nitro groups is 1. The predicted molar refractivity (Wildman–Crippen MR) is 125 cm³/mol. The highest BCUT2D eigenvalue weighted by atomic mass is 16.6. The van der Waals surface area contributed by atoms with Gasteiger partial charge in [0.25, 0.3) is 0 Å². The molecule has 4 bridgehead atoms. The van der Waals surface area contributed by atoms with Gasteiger partial charge in [0.15, 0.2) is 5.78 Å². The van der Waals surface area contributed by atoms with Crippen molar-refractivity contribution in [2.45, 2.75) is 69.9 Å². The predicted octanol–water partition coefficient (Wildman–Crippen LogP) is 4.72. The van der Waals surface area contributed by atoms with Crippen LogP contribution in [0.1, 0.15) is 67.1 Å². The Labute approximate surface area is 193 Å². The van der Waals surface area contributed by atoms with Gasteiger partial charge >= 0.3 is 5.69 Å². The lowest BCUT2D eigenvalue weighted by Crippen LogP contribution is -2.59. The standard InChI is InChI=1S/C26H31N3O4/c1-2-22(30)20-15-27-21(9-8-16-6-4-3-5-7-16)25(29(32)33)24(20)28-23-18-10-17-11-19(23)14-26(31,12-17)13-18/h3-7,15,17-19,23,31H,2,8-14H2,1H3,(H,27,28)/t17?,18-,19+,23?,26?. The largest absolute Gasteiger partial charge is 0.390 e. The summed E-state index contributed by atoms with van der Waals surface area (Å²) in [7, 11) is 0. The average Bonchev–Trinajstić information content (AvgIpc) is 2.78. The van der Waals surface area contributed by atoms with E-state index in [4.69, 9.17) is 0 Å². The summed E-state index contributed by atoms with van der Waals surface area (Å²) in [6.07, 6.45) is 7.25. The van der Waals surface area contributed by atoms with Crippen molar-refractivity contribution < 1.29 is 14.8 Å². The van der Waals surface area contributed by atoms with Crippen molar-refractivity contribution in [1.29, 1.82) is 0 Å². The lowest BCUT2D eigenvalue weighted by atomic mass is 9.52. The molecule has 7 heteroatoms. The van der Waals surface area contributed by atoms with Crippen molar-refractivity contribution in [3.05, 3.63) is 63.5 Å². The Morgan fingerprint density at radius 3 is 2.48 bits per heavy atom. The number of aryl methyl sites for hydroxylation is 2. The third kappa shape index (κ3) is 4.14. The van der Waals surface area contributed by atoms with E-state index in [2.05, 4.69) is 10.3 Å². The zero-order chi connectivity index (χ0) is 23.2. The zero-order valence-electron chi connectivity index (χ0n) is 19.0. The molecule has 1 aromatic heterocycles. The summed E-state index contributed by atoms with van der Waals surface area (Å²) in [5.41, 5.74) is 1.47. The maximum Gasteiger partial charge on any atom is 0.314 e. The molecule has 7 nitrogen and oxygen atoms in total. The first-order chi connectivity index (χ1) is 15.9. The normalized spacial score (nSPS) is 29.8. The minimum Gasteiger partial charge on any atom is -0.390 e. The molecule has 6 rings (SSSR count). The van der Waals surface area contributed by atoms with Gasteiger partial charge in [-0.1, -0.05) is 37.3 Å². The Morgan fingerprint density at radius 2 is 1.88 bits per heavy atom. The van der Waals surface area contributed by atoms with Crippen LogP contribution in [0.5, 0.6) is 0 Å². The molecule has 0 aliphatic heterocycles. The number of hydrogen-bond acceptors (Lipinski definition) is 6. The van der Waals surface area contributed by atoms with Crippen molar-refractivity contribution in [3.63, 3.8) is 0 Å². The topological polar surface area (TPSA) is 105 Å². The fourth-order valence-electron chi connectivity index (χ4n) is 6.76. The Balaban J connectivity index is 1.50. The molecular formula is C26H31N3O4. The summed E-state index contributed by atoms with van der Waals surface area (Å²) in [5, 5.41) is 26.7. The number of hydrogen-bond donors (Lipinski definition) is 2. The Bertz CT molecular complexity index is 1050. The van der Waals surface area contributed by atoms with Gasteiger partial charge in [-0.2, -0.15) is 0 Å². The minimum absolute atomic E-state index is 0.0355. The highest BCUT2D eigenvalue weighted by molar-refractivity contribution is 6.02. The Kier molecular flexibility index (Phi) is 5.69. The van der Waals surface area contributed by atoms with Crippen LogP contribution in [0.15, 0.2) is 36.5 Å². The molecule has 1 heterocycles. The molecule has 174 valence electrons. The zero-order valence-corrected chi connectivity index (χ0v) is 19.0. The van der Waals surface area contributed by atoms with Gasteiger partial charge < -0.3 is 10.4 Å². The summed E-state index contributed by atoms with van der Waals surface area (Å²) in [4.78, 5) is 29.1. The molecular weight excluding hydrogens is 418 g/mol. The number of benzene rings is 1. The molecule has 0 saturated heterocycles. The van der Waals surface area contributed by atoms with Crippen molar-refractivity contribution in [1.82, 2.24) is 4.98 Å². The van der Waals surface area contributed by atoms with Crippen LogP contribution in [0.3, 0.4) is 0 Å². The van der Waals surface area contributed by atoms with E-state index in [9.17, 15) is 20.0 Å². The molecule has 5 atom stereocenters. The molecule has 3 unspecified atom stereocenters. The second-order valence-corrected chi connectivity index (χ2v) is 10.2. The lowest BCUT2D eigenvalue weighted by Gasteiger charge is -2.58. The fourth-order valence-corrected chi connectivity index (χ4v) is 6.76. The highest BCUT2D eigenvalue weighted by Crippen LogP contribution is 2.56. The third-order valence-electron chi connectivity index (χ3n) is 7.98. The molecule has 4 aliphatic rings. The van der Waals surface area contributed by atoms with E-state index < -0.39 is 5.60 Å². The number of carbonyl (C=O) groups is 1. The molecule has 4 aliphatic carbocycles. The fraction of sp³-hybridized carbons (Fsp3) is 0.538. The summed E-state index contributed by atoms with van der Waals surface area (Å²) in [5.74, 6) is 0.930. The Hall–Kier alpha value is -2.80. The van der Waals surface area contributed by atoms with Gasteiger partial charge in [0.2, 0.25) is 0 Å². The summed E-state index contributed by atoms with van der Waals surface area (Å²) in [6, 6.07) is 9.88. The first kappa shape index (κ1) is 22.0. The average molecular weight is 450 g/mol. The van der Waals surface area contributed by atoms with Crippen LogP contribution in [0.4, 0.5) is 11.4 Å². The van der Waals surface area contributed by atoms with Gasteiger partial charge in [-0.25, -0.2) is 0 Å². The van der Waals surface area contributed by atoms with Gasteiger partial charge in [-0.15, -0.1) is 0 Å². The first-order valence-electron chi connectivity index (χ1n) is 12.1. The molecule has 33 heavy (non-hydrogen) atoms. The van der Waals surface area contributed by atoms with Gasteiger partial charge in [-0.05, 0) is 61.8 Å². The quantitative estimate of drug-likeness (QED) is 0.343. The number of Topliss-reactive ketones (excluding diaryl/α,β-unsaturated/α-hetero) is 1. The number of aromatic nitrogens is 1. The molecule has 0 spiro atoms. The number of carbonyl (C=O) groups excluding carboxylic acids is 1. The lowest BCUT2D eigenvalue weighted by molar-refractivity contribution is -0.385. The number of rotatable bonds is 8. The van der Waals surface area contributed by atoms with Gasteiger partial charge in [0.05, 0.1) is 16.1 Å². The number of aliphatic hydroxyl groups is 1. The molecule has 1 aromatic carbocycles. The van der Waals surface area contributed by atoms with Gasteiger partial charge in [0, 0.05) is 25.1 Å². The SMILES string of the molecule is CCC(=O)c1cnc(CCc2ccccc2)c([N+](=O)[O-])c1NC1[C@@H]2CC3C[C@H]1CC(O)(C3)C2. The van der Waals surface area contributed by atoms with Gasteiger partial charge in [0.1, 0.15) is 11.4 Å². The van der Waals surface area contributed by atoms with Crippen LogP contribution < -0.4 is 5.32 Å². The number of nitrogens with one attached hydrogen (secondary N) is 1. The van der Waals surface area contributed by atoms with Gasteiger partial charge in [-0.3, -0.25) is 19.9 Å². The summed E-state index contributed by atoms with van der Waals surface area (Å²) in [6.45, 7) is 1.76. The van der Waals surface area contributed by atoms with Crippen LogP contribution in [-0.2, 0) is 12.8 Å². The van der Waals surface area contributed by atoms with E-state index in [1.54, 1.807) is 6.92 Å². The van der Waals surface area contributed by atoms with Crippen LogP contribution in [0, 0.1) is 27.9 Å². The Morgan fingerprint density at radius 1 is 1.18 bits per heavy atom. The molecule has 4 saturated carbocycles. The second-order valence-electron chi connectivity index (χ2n) is 10.2. The van der Waals surface area contributed by atoms with E-state index >= 15 is 0 Å². The van der Waals surface area contributed by atoms with Crippen LogP contribution in [-0.4, -0.2) is 32.4 Å². The third-order valence-corrected chi connectivity index (χ3v) is 7.98. The number of ketones is 1.